The Hall–Kier alpha value is -3.64. The number of nitriles is 1. The van der Waals surface area contributed by atoms with Crippen molar-refractivity contribution in [2.75, 3.05) is 0 Å². The summed E-state index contributed by atoms with van der Waals surface area (Å²) in [4.78, 5) is 24.8. The molecule has 0 aromatic heterocycles. The van der Waals surface area contributed by atoms with Gasteiger partial charge in [0, 0.05) is 18.9 Å². The van der Waals surface area contributed by atoms with E-state index in [1.807, 2.05) is 13.0 Å². The first-order valence-corrected chi connectivity index (χ1v) is 10.6. The van der Waals surface area contributed by atoms with E-state index in [0.29, 0.717) is 5.56 Å². The van der Waals surface area contributed by atoms with Crippen molar-refractivity contribution in [3.8, 4) is 6.07 Å². The first-order chi connectivity index (χ1) is 14.3. The normalized spacial score (nSPS) is 15.9. The van der Waals surface area contributed by atoms with Crippen molar-refractivity contribution >= 4 is 21.8 Å². The van der Waals surface area contributed by atoms with Gasteiger partial charge in [0.1, 0.15) is 6.04 Å². The van der Waals surface area contributed by atoms with Crippen molar-refractivity contribution in [3.05, 3.63) is 77.6 Å². The quantitative estimate of drug-likeness (QED) is 0.729. The van der Waals surface area contributed by atoms with E-state index in [1.165, 1.54) is 24.5 Å². The molecule has 2 aromatic carbocycles. The van der Waals surface area contributed by atoms with Gasteiger partial charge in [0.15, 0.2) is 0 Å². The molecule has 0 saturated heterocycles. The molecule has 0 aliphatic carbocycles. The summed E-state index contributed by atoms with van der Waals surface area (Å²) in [7, 11) is -4.01. The largest absolute Gasteiger partial charge is 0.352 e. The van der Waals surface area contributed by atoms with Crippen molar-refractivity contribution in [2.24, 2.45) is 0 Å². The molecule has 0 saturated carbocycles. The maximum absolute atomic E-state index is 13.0. The Labute approximate surface area is 174 Å². The second-order valence-corrected chi connectivity index (χ2v) is 8.62. The third-order valence-electron chi connectivity index (χ3n) is 4.60. The summed E-state index contributed by atoms with van der Waals surface area (Å²) in [6, 6.07) is 13.8. The zero-order valence-electron chi connectivity index (χ0n) is 16.2. The Morgan fingerprint density at radius 3 is 2.47 bits per heavy atom. The maximum Gasteiger partial charge on any atom is 0.264 e. The molecule has 1 aliphatic rings. The first kappa shape index (κ1) is 21.1. The number of hydrogen-bond acceptors (Lipinski definition) is 5. The molecule has 2 N–H and O–H groups in total. The zero-order valence-corrected chi connectivity index (χ0v) is 17.0. The number of nitrogens with zero attached hydrogens (tertiary/aromatic N) is 2. The minimum Gasteiger partial charge on any atom is -0.352 e. The number of benzene rings is 2. The molecule has 0 spiro atoms. The van der Waals surface area contributed by atoms with Crippen molar-refractivity contribution in [3.63, 3.8) is 0 Å². The van der Waals surface area contributed by atoms with Crippen LogP contribution < -0.4 is 10.6 Å². The van der Waals surface area contributed by atoms with Gasteiger partial charge >= 0.3 is 0 Å². The molecule has 3 rings (SSSR count). The number of rotatable bonds is 6. The minimum atomic E-state index is -4.01. The maximum atomic E-state index is 13.0. The van der Waals surface area contributed by atoms with E-state index in [-0.39, 0.29) is 17.9 Å². The number of sulfonamides is 1. The van der Waals surface area contributed by atoms with Gasteiger partial charge in [0.05, 0.1) is 22.9 Å². The summed E-state index contributed by atoms with van der Waals surface area (Å²) in [5, 5.41) is 13.9. The van der Waals surface area contributed by atoms with Gasteiger partial charge in [0.25, 0.3) is 10.0 Å². The standard InChI is InChI=1S/C21H20N4O4S/c1-15-2-8-18(9-3-15)30(28,29)25-11-10-23-21(27)19(25)12-20(26)24-14-17-6-4-16(13-22)5-7-17/h2-11,19H,12,14H2,1H3,(H,23,27)(H,24,26)/t19-/m1/s1. The van der Waals surface area contributed by atoms with E-state index in [0.717, 1.165) is 15.4 Å². The summed E-state index contributed by atoms with van der Waals surface area (Å²) < 4.78 is 26.9. The molecule has 1 aliphatic heterocycles. The fraction of sp³-hybridized carbons (Fsp3) is 0.190. The van der Waals surface area contributed by atoms with Crippen LogP contribution in [-0.2, 0) is 26.2 Å². The Morgan fingerprint density at radius 2 is 1.83 bits per heavy atom. The molecule has 1 atom stereocenters. The van der Waals surface area contributed by atoms with Crippen molar-refractivity contribution in [1.29, 1.82) is 5.26 Å². The third-order valence-corrected chi connectivity index (χ3v) is 6.40. The van der Waals surface area contributed by atoms with Crippen LogP contribution in [0.25, 0.3) is 0 Å². The van der Waals surface area contributed by atoms with Crippen molar-refractivity contribution < 1.29 is 18.0 Å². The molecule has 0 bridgehead atoms. The molecule has 9 heteroatoms. The number of amides is 2. The summed E-state index contributed by atoms with van der Waals surface area (Å²) in [6.45, 7) is 2.03. The fourth-order valence-corrected chi connectivity index (χ4v) is 4.37. The number of hydrogen-bond donors (Lipinski definition) is 2. The van der Waals surface area contributed by atoms with Gasteiger partial charge in [-0.15, -0.1) is 0 Å². The summed E-state index contributed by atoms with van der Waals surface area (Å²) >= 11 is 0. The van der Waals surface area contributed by atoms with Gasteiger partial charge in [-0.2, -0.15) is 5.26 Å². The highest BCUT2D eigenvalue weighted by atomic mass is 32.2. The molecule has 0 unspecified atom stereocenters. The van der Waals surface area contributed by atoms with Crippen molar-refractivity contribution in [1.82, 2.24) is 14.9 Å². The van der Waals surface area contributed by atoms with Crippen molar-refractivity contribution in [2.45, 2.75) is 30.8 Å². The smallest absolute Gasteiger partial charge is 0.264 e. The molecule has 0 fully saturated rings. The second-order valence-electron chi connectivity index (χ2n) is 6.78. The first-order valence-electron chi connectivity index (χ1n) is 9.14. The molecule has 0 radical (unpaired) electrons. The van der Waals surface area contributed by atoms with Gasteiger partial charge in [-0.1, -0.05) is 29.8 Å². The highest BCUT2D eigenvalue weighted by Crippen LogP contribution is 2.22. The molecule has 1 heterocycles. The van der Waals surface area contributed by atoms with Crippen LogP contribution in [0.3, 0.4) is 0 Å². The number of carbonyl (C=O) groups excluding carboxylic acids is 2. The Bertz CT molecular complexity index is 1120. The topological polar surface area (TPSA) is 119 Å². The average Bonchev–Trinajstić information content (AvgIpc) is 2.74. The Morgan fingerprint density at radius 1 is 1.17 bits per heavy atom. The highest BCUT2D eigenvalue weighted by Gasteiger charge is 2.36. The lowest BCUT2D eigenvalue weighted by Gasteiger charge is -2.31. The predicted molar refractivity (Wildman–Crippen MR) is 109 cm³/mol. The molecular weight excluding hydrogens is 404 g/mol. The zero-order chi connectivity index (χ0) is 21.7. The van der Waals surface area contributed by atoms with Crippen LogP contribution in [0, 0.1) is 18.3 Å². The lowest BCUT2D eigenvalue weighted by atomic mass is 10.1. The number of carbonyl (C=O) groups is 2. The molecule has 8 nitrogen and oxygen atoms in total. The molecule has 30 heavy (non-hydrogen) atoms. The number of aryl methyl sites for hydroxylation is 1. The van der Waals surface area contributed by atoms with E-state index in [2.05, 4.69) is 10.6 Å². The molecule has 2 aromatic rings. The van der Waals surface area contributed by atoms with Crippen LogP contribution in [0.5, 0.6) is 0 Å². The molecular formula is C21H20N4O4S. The van der Waals surface area contributed by atoms with Gasteiger partial charge in [-0.05, 0) is 36.8 Å². The van der Waals surface area contributed by atoms with Gasteiger partial charge in [-0.3, -0.25) is 13.9 Å². The third kappa shape index (κ3) is 4.67. The average molecular weight is 424 g/mol. The van der Waals surface area contributed by atoms with Gasteiger partial charge < -0.3 is 10.6 Å². The van der Waals surface area contributed by atoms with Crippen LogP contribution in [-0.4, -0.2) is 30.6 Å². The van der Waals surface area contributed by atoms with Crippen LogP contribution in [0.2, 0.25) is 0 Å². The number of nitrogens with one attached hydrogen (secondary N) is 2. The molecule has 2 amide bonds. The van der Waals surface area contributed by atoms with Gasteiger partial charge in [0.2, 0.25) is 11.8 Å². The minimum absolute atomic E-state index is 0.0374. The SMILES string of the molecule is Cc1ccc(S(=O)(=O)N2C=CNC(=O)[C@H]2CC(=O)NCc2ccc(C#N)cc2)cc1. The molecule has 154 valence electrons. The lowest BCUT2D eigenvalue weighted by molar-refractivity contribution is -0.129. The van der Waals surface area contributed by atoms with Crippen LogP contribution >= 0.6 is 0 Å². The van der Waals surface area contributed by atoms with E-state index >= 15 is 0 Å². The van der Waals surface area contributed by atoms with E-state index in [9.17, 15) is 18.0 Å². The Kier molecular flexibility index (Phi) is 6.18. The Balaban J connectivity index is 1.72. The van der Waals surface area contributed by atoms with Crippen LogP contribution in [0.1, 0.15) is 23.1 Å². The van der Waals surface area contributed by atoms with E-state index in [1.54, 1.807) is 36.4 Å². The fourth-order valence-electron chi connectivity index (χ4n) is 2.92. The monoisotopic (exact) mass is 424 g/mol. The predicted octanol–water partition coefficient (Wildman–Crippen LogP) is 1.53. The van der Waals surface area contributed by atoms with Crippen LogP contribution in [0.4, 0.5) is 0 Å². The second kappa shape index (κ2) is 8.80. The van der Waals surface area contributed by atoms with E-state index in [4.69, 9.17) is 5.26 Å². The summed E-state index contributed by atoms with van der Waals surface area (Å²) in [5.74, 6) is -1.05. The summed E-state index contributed by atoms with van der Waals surface area (Å²) in [5.41, 5.74) is 2.19. The summed E-state index contributed by atoms with van der Waals surface area (Å²) in [6.07, 6.45) is 2.14. The highest BCUT2D eigenvalue weighted by molar-refractivity contribution is 7.89. The van der Waals surface area contributed by atoms with Gasteiger partial charge in [-0.25, -0.2) is 8.42 Å². The van der Waals surface area contributed by atoms with Crippen LogP contribution in [0.15, 0.2) is 65.8 Å². The van der Waals surface area contributed by atoms with E-state index < -0.39 is 27.9 Å². The lowest BCUT2D eigenvalue weighted by Crippen LogP contribution is -2.51.